The van der Waals surface area contributed by atoms with Gasteiger partial charge in [0.2, 0.25) is 5.91 Å². The van der Waals surface area contributed by atoms with Crippen LogP contribution in [-0.2, 0) is 26.1 Å². The maximum Gasteiger partial charge on any atom is 0.274 e. The van der Waals surface area contributed by atoms with Gasteiger partial charge in [-0.15, -0.1) is 0 Å². The first kappa shape index (κ1) is 23.8. The normalized spacial score (nSPS) is 24.6. The van der Waals surface area contributed by atoms with Crippen molar-refractivity contribution >= 4 is 22.6 Å². The molecule has 5 heterocycles. The van der Waals surface area contributed by atoms with Gasteiger partial charge in [-0.3, -0.25) is 23.4 Å². The summed E-state index contributed by atoms with van der Waals surface area (Å²) in [6, 6.07) is 7.94. The van der Waals surface area contributed by atoms with Crippen molar-refractivity contribution in [1.29, 1.82) is 0 Å². The van der Waals surface area contributed by atoms with Crippen LogP contribution in [0.4, 0.5) is 0 Å². The highest BCUT2D eigenvalue weighted by Gasteiger charge is 2.36. The van der Waals surface area contributed by atoms with Crippen LogP contribution in [0, 0.1) is 0 Å². The smallest absolute Gasteiger partial charge is 0.274 e. The fourth-order valence-electron chi connectivity index (χ4n) is 5.95. The number of ether oxygens (including phenoxy) is 1. The van der Waals surface area contributed by atoms with Crippen molar-refractivity contribution in [3.63, 3.8) is 0 Å². The molecule has 3 saturated heterocycles. The van der Waals surface area contributed by atoms with Crippen molar-refractivity contribution in [1.82, 2.24) is 24.5 Å². The molecule has 1 aromatic carbocycles. The highest BCUT2D eigenvalue weighted by atomic mass is 32.2. The molecule has 10 heteroatoms. The Hall–Kier alpha value is -2.56. The van der Waals surface area contributed by atoms with Gasteiger partial charge in [-0.1, -0.05) is 18.2 Å². The molecular formula is C26H33N5O4S. The molecule has 4 aliphatic rings. The molecule has 0 spiro atoms. The fourth-order valence-corrected chi connectivity index (χ4v) is 7.28. The number of carbonyl (C=O) groups excluding carboxylic acids is 2. The first-order valence-electron chi connectivity index (χ1n) is 13.1. The molecule has 2 aromatic rings. The molecule has 0 bridgehead atoms. The van der Waals surface area contributed by atoms with Gasteiger partial charge < -0.3 is 14.5 Å². The second kappa shape index (κ2) is 10.1. The topological polar surface area (TPSA) is 88.0 Å². The number of piperidine rings is 1. The van der Waals surface area contributed by atoms with Crippen LogP contribution < -0.4 is 0 Å². The number of hydrogen-bond acceptors (Lipinski definition) is 6. The summed E-state index contributed by atoms with van der Waals surface area (Å²) in [4.78, 5) is 32.7. The number of hydrogen-bond donors (Lipinski definition) is 0. The van der Waals surface area contributed by atoms with Crippen molar-refractivity contribution in [3.05, 3.63) is 35.5 Å². The summed E-state index contributed by atoms with van der Waals surface area (Å²) in [5.74, 6) is 0.483. The van der Waals surface area contributed by atoms with Gasteiger partial charge in [0.05, 0.1) is 41.5 Å². The van der Waals surface area contributed by atoms with Crippen LogP contribution in [0.5, 0.6) is 0 Å². The fraction of sp³-hybridized carbons (Fsp3) is 0.577. The summed E-state index contributed by atoms with van der Waals surface area (Å²) in [5, 5.41) is 4.97. The summed E-state index contributed by atoms with van der Waals surface area (Å²) in [6.07, 6.45) is 3.64. The lowest BCUT2D eigenvalue weighted by Gasteiger charge is -2.35. The molecule has 2 amide bonds. The van der Waals surface area contributed by atoms with E-state index >= 15 is 0 Å². The van der Waals surface area contributed by atoms with Crippen LogP contribution >= 0.6 is 0 Å². The first-order chi connectivity index (χ1) is 17.6. The van der Waals surface area contributed by atoms with Crippen molar-refractivity contribution in [3.8, 4) is 11.3 Å². The molecule has 9 nitrogen and oxygen atoms in total. The van der Waals surface area contributed by atoms with E-state index in [0.29, 0.717) is 44.2 Å². The van der Waals surface area contributed by atoms with Crippen LogP contribution in [0.1, 0.15) is 47.8 Å². The minimum Gasteiger partial charge on any atom is -0.378 e. The van der Waals surface area contributed by atoms with Gasteiger partial charge >= 0.3 is 0 Å². The molecule has 1 aromatic heterocycles. The predicted molar refractivity (Wildman–Crippen MR) is 135 cm³/mol. The number of morpholine rings is 1. The third-order valence-corrected chi connectivity index (χ3v) is 9.25. The molecule has 6 rings (SSSR count). The molecular weight excluding hydrogens is 478 g/mol. The highest BCUT2D eigenvalue weighted by molar-refractivity contribution is 7.84. The SMILES string of the molecule is O=C1CCCN1CCN1CCC[C@H](n2nc(C(=O)N3CCOCC3)c3c2-c2ccccc2S(=O)C3)C1. The average molecular weight is 512 g/mol. The second-order valence-corrected chi connectivity index (χ2v) is 11.5. The molecule has 3 fully saturated rings. The Kier molecular flexibility index (Phi) is 6.66. The third kappa shape index (κ3) is 4.39. The number of fused-ring (bicyclic) bond motifs is 3. The zero-order valence-electron chi connectivity index (χ0n) is 20.6. The zero-order valence-corrected chi connectivity index (χ0v) is 21.4. The third-order valence-electron chi connectivity index (χ3n) is 7.86. The summed E-state index contributed by atoms with van der Waals surface area (Å²) >= 11 is 0. The lowest BCUT2D eigenvalue weighted by molar-refractivity contribution is -0.127. The lowest BCUT2D eigenvalue weighted by Crippen LogP contribution is -2.42. The molecule has 2 atom stereocenters. The molecule has 0 N–H and O–H groups in total. The van der Waals surface area contributed by atoms with Crippen LogP contribution in [-0.4, -0.2) is 99.5 Å². The Morgan fingerprint density at radius 2 is 1.92 bits per heavy atom. The van der Waals surface area contributed by atoms with Crippen molar-refractivity contribution in [2.24, 2.45) is 0 Å². The van der Waals surface area contributed by atoms with E-state index in [9.17, 15) is 13.8 Å². The number of benzene rings is 1. The van der Waals surface area contributed by atoms with Gasteiger partial charge in [-0.2, -0.15) is 5.10 Å². The quantitative estimate of drug-likeness (QED) is 0.610. The maximum absolute atomic E-state index is 13.6. The Morgan fingerprint density at radius 1 is 1.08 bits per heavy atom. The molecule has 0 saturated carbocycles. The first-order valence-corrected chi connectivity index (χ1v) is 14.4. The monoisotopic (exact) mass is 511 g/mol. The van der Waals surface area contributed by atoms with E-state index in [0.717, 1.165) is 73.7 Å². The molecule has 0 radical (unpaired) electrons. The number of aromatic nitrogens is 2. The van der Waals surface area contributed by atoms with Crippen LogP contribution in [0.25, 0.3) is 11.3 Å². The summed E-state index contributed by atoms with van der Waals surface area (Å²) in [7, 11) is -1.21. The Balaban J connectivity index is 1.32. The molecule has 192 valence electrons. The number of nitrogens with zero attached hydrogens (tertiary/aromatic N) is 5. The number of likely N-dealkylation sites (tertiary alicyclic amines) is 2. The van der Waals surface area contributed by atoms with Gasteiger partial charge in [-0.05, 0) is 31.9 Å². The van der Waals surface area contributed by atoms with E-state index in [1.807, 2.05) is 29.2 Å². The van der Waals surface area contributed by atoms with Crippen molar-refractivity contribution < 1.29 is 18.5 Å². The number of rotatable bonds is 5. The van der Waals surface area contributed by atoms with Crippen molar-refractivity contribution in [2.45, 2.75) is 42.4 Å². The highest BCUT2D eigenvalue weighted by Crippen LogP contribution is 2.40. The summed E-state index contributed by atoms with van der Waals surface area (Å²) in [5.41, 5.74) is 3.12. The van der Waals surface area contributed by atoms with Gasteiger partial charge in [0.1, 0.15) is 0 Å². The van der Waals surface area contributed by atoms with Gasteiger partial charge in [0.15, 0.2) is 5.69 Å². The van der Waals surface area contributed by atoms with E-state index in [1.54, 1.807) is 4.90 Å². The van der Waals surface area contributed by atoms with E-state index < -0.39 is 10.8 Å². The van der Waals surface area contributed by atoms with E-state index in [-0.39, 0.29) is 17.9 Å². The van der Waals surface area contributed by atoms with E-state index in [1.165, 1.54) is 0 Å². The number of carbonyl (C=O) groups is 2. The molecule has 1 unspecified atom stereocenters. The number of amides is 2. The van der Waals surface area contributed by atoms with E-state index in [2.05, 4.69) is 9.58 Å². The summed E-state index contributed by atoms with van der Waals surface area (Å²) < 4.78 is 20.7. The maximum atomic E-state index is 13.6. The van der Waals surface area contributed by atoms with Gasteiger partial charge in [0, 0.05) is 61.7 Å². The van der Waals surface area contributed by atoms with Crippen molar-refractivity contribution in [2.75, 3.05) is 59.0 Å². The summed E-state index contributed by atoms with van der Waals surface area (Å²) in [6.45, 7) is 6.47. The predicted octanol–water partition coefficient (Wildman–Crippen LogP) is 1.90. The van der Waals surface area contributed by atoms with E-state index in [4.69, 9.17) is 9.84 Å². The molecule has 0 aliphatic carbocycles. The average Bonchev–Trinajstić information content (AvgIpc) is 3.51. The lowest BCUT2D eigenvalue weighted by atomic mass is 10.0. The van der Waals surface area contributed by atoms with Gasteiger partial charge in [-0.25, -0.2) is 0 Å². The second-order valence-electron chi connectivity index (χ2n) is 10.1. The molecule has 36 heavy (non-hydrogen) atoms. The van der Waals surface area contributed by atoms with Crippen LogP contribution in [0.2, 0.25) is 0 Å². The Morgan fingerprint density at radius 3 is 2.72 bits per heavy atom. The minimum atomic E-state index is -1.21. The Bertz CT molecular complexity index is 1190. The largest absolute Gasteiger partial charge is 0.378 e. The standard InChI is InChI=1S/C26H33N5O4S/c32-23-8-4-10-29(23)12-11-28-9-3-5-19(17-28)31-25-20-6-1-2-7-22(20)36(34)18-21(25)24(27-31)26(33)30-13-15-35-16-14-30/h1-2,6-7,19H,3-5,8-18H2/t19-,36?/m0/s1. The van der Waals surface area contributed by atoms with Gasteiger partial charge in [0.25, 0.3) is 5.91 Å². The van der Waals surface area contributed by atoms with Crippen LogP contribution in [0.3, 0.4) is 0 Å². The zero-order chi connectivity index (χ0) is 24.6. The van der Waals surface area contributed by atoms with Crippen LogP contribution in [0.15, 0.2) is 29.2 Å². The minimum absolute atomic E-state index is 0.0927. The molecule has 4 aliphatic heterocycles. The Labute approximate surface area is 213 Å².